The molecule has 0 atom stereocenters. The molecule has 0 N–H and O–H groups in total. The van der Waals surface area contributed by atoms with Crippen molar-refractivity contribution >= 4 is 29.3 Å². The molecule has 0 aliphatic carbocycles. The Morgan fingerprint density at radius 3 is 2.63 bits per heavy atom. The summed E-state index contributed by atoms with van der Waals surface area (Å²) in [5, 5.41) is 8.36. The number of aryl methyl sites for hydroxylation is 1. The fourth-order valence-electron chi connectivity index (χ4n) is 2.92. The molecule has 8 heteroatoms. The first-order valence-electron chi connectivity index (χ1n) is 9.27. The lowest BCUT2D eigenvalue weighted by atomic mass is 10.2. The Balaban J connectivity index is 1.59. The number of thiophene rings is 1. The van der Waals surface area contributed by atoms with Gasteiger partial charge in [0.25, 0.3) is 5.91 Å². The maximum Gasteiger partial charge on any atom is 0.331 e. The third-order valence-electron chi connectivity index (χ3n) is 4.57. The Morgan fingerprint density at radius 2 is 1.97 bits per heavy atom. The van der Waals surface area contributed by atoms with Crippen LogP contribution in [0.4, 0.5) is 4.39 Å². The van der Waals surface area contributed by atoms with E-state index in [-0.39, 0.29) is 18.3 Å². The maximum absolute atomic E-state index is 13.2. The summed E-state index contributed by atoms with van der Waals surface area (Å²) in [7, 11) is 1.67. The molecule has 2 aromatic heterocycles. The van der Waals surface area contributed by atoms with Gasteiger partial charge in [0.05, 0.1) is 11.4 Å². The summed E-state index contributed by atoms with van der Waals surface area (Å²) in [5.74, 6) is -1.21. The zero-order valence-corrected chi connectivity index (χ0v) is 17.8. The number of carbonyl (C=O) groups is 2. The lowest BCUT2D eigenvalue weighted by Gasteiger charge is -2.15. The lowest BCUT2D eigenvalue weighted by Crippen LogP contribution is -2.30. The second-order valence-electron chi connectivity index (χ2n) is 6.80. The Hall–Kier alpha value is -3.26. The van der Waals surface area contributed by atoms with Crippen molar-refractivity contribution in [2.75, 3.05) is 13.7 Å². The van der Waals surface area contributed by atoms with E-state index in [0.717, 1.165) is 22.5 Å². The fraction of sp³-hybridized carbons (Fsp3) is 0.227. The summed E-state index contributed by atoms with van der Waals surface area (Å²) in [6.07, 6.45) is 2.89. The van der Waals surface area contributed by atoms with Gasteiger partial charge in [0, 0.05) is 30.9 Å². The van der Waals surface area contributed by atoms with E-state index in [1.165, 1.54) is 23.1 Å². The fourth-order valence-corrected chi connectivity index (χ4v) is 3.58. The van der Waals surface area contributed by atoms with Gasteiger partial charge in [-0.15, -0.1) is 0 Å². The summed E-state index contributed by atoms with van der Waals surface area (Å²) in [5.41, 5.74) is 4.03. The highest BCUT2D eigenvalue weighted by molar-refractivity contribution is 7.07. The minimum Gasteiger partial charge on any atom is -0.452 e. The average molecular weight is 428 g/mol. The number of hydrogen-bond acceptors (Lipinski definition) is 5. The molecule has 2 heterocycles. The number of likely N-dealkylation sites (N-methyl/N-ethyl adjacent to an activating group) is 1. The van der Waals surface area contributed by atoms with Gasteiger partial charge in [0.15, 0.2) is 6.61 Å². The molecule has 0 radical (unpaired) electrons. The minimum absolute atomic E-state index is 0.278. The highest BCUT2D eigenvalue weighted by Crippen LogP contribution is 2.19. The maximum atomic E-state index is 13.2. The quantitative estimate of drug-likeness (QED) is 0.424. The lowest BCUT2D eigenvalue weighted by molar-refractivity contribution is -0.147. The van der Waals surface area contributed by atoms with Gasteiger partial charge in [0.1, 0.15) is 5.82 Å². The van der Waals surface area contributed by atoms with Crippen molar-refractivity contribution in [3.05, 3.63) is 75.5 Å². The third kappa shape index (κ3) is 5.21. The van der Waals surface area contributed by atoms with Gasteiger partial charge in [0.2, 0.25) is 0 Å². The van der Waals surface area contributed by atoms with Crippen molar-refractivity contribution in [2.45, 2.75) is 20.4 Å². The van der Waals surface area contributed by atoms with Crippen LogP contribution in [0.25, 0.3) is 11.8 Å². The highest BCUT2D eigenvalue weighted by atomic mass is 32.1. The van der Waals surface area contributed by atoms with Crippen LogP contribution in [0.3, 0.4) is 0 Å². The van der Waals surface area contributed by atoms with Gasteiger partial charge in [-0.2, -0.15) is 16.4 Å². The molecule has 30 heavy (non-hydrogen) atoms. The van der Waals surface area contributed by atoms with Gasteiger partial charge >= 0.3 is 5.97 Å². The van der Waals surface area contributed by atoms with Crippen LogP contribution in [0.1, 0.15) is 22.5 Å². The molecule has 0 saturated heterocycles. The summed E-state index contributed by atoms with van der Waals surface area (Å²) in [6, 6.07) is 7.94. The summed E-state index contributed by atoms with van der Waals surface area (Å²) < 4.78 is 19.9. The molecule has 1 aromatic carbocycles. The molecule has 3 rings (SSSR count). The van der Waals surface area contributed by atoms with Crippen molar-refractivity contribution < 1.29 is 18.7 Å². The minimum atomic E-state index is -0.611. The number of aromatic nitrogens is 2. The van der Waals surface area contributed by atoms with Gasteiger partial charge < -0.3 is 9.64 Å². The number of benzene rings is 1. The molecule has 0 saturated carbocycles. The van der Waals surface area contributed by atoms with E-state index in [4.69, 9.17) is 4.74 Å². The first-order valence-corrected chi connectivity index (χ1v) is 10.2. The van der Waals surface area contributed by atoms with Crippen LogP contribution in [-0.4, -0.2) is 40.2 Å². The molecule has 6 nitrogen and oxygen atoms in total. The first kappa shape index (κ1) is 21.4. The van der Waals surface area contributed by atoms with E-state index in [2.05, 4.69) is 5.10 Å². The SMILES string of the molecule is Cc1nn(-c2ccc(F)cc2)c(C)c1/C=C/C(=O)OCC(=O)N(C)Cc1ccsc1. The van der Waals surface area contributed by atoms with E-state index in [1.807, 2.05) is 30.7 Å². The van der Waals surface area contributed by atoms with Crippen LogP contribution in [-0.2, 0) is 20.9 Å². The van der Waals surface area contributed by atoms with Crippen molar-refractivity contribution in [2.24, 2.45) is 0 Å². The normalized spacial score (nSPS) is 11.1. The second kappa shape index (κ2) is 9.49. The monoisotopic (exact) mass is 427 g/mol. The number of halogens is 1. The van der Waals surface area contributed by atoms with E-state index < -0.39 is 5.97 Å². The highest BCUT2D eigenvalue weighted by Gasteiger charge is 2.13. The van der Waals surface area contributed by atoms with Crippen molar-refractivity contribution in [1.82, 2.24) is 14.7 Å². The van der Waals surface area contributed by atoms with Crippen molar-refractivity contribution in [3.63, 3.8) is 0 Å². The summed E-state index contributed by atoms with van der Waals surface area (Å²) in [4.78, 5) is 25.7. The van der Waals surface area contributed by atoms with Crippen molar-refractivity contribution in [3.8, 4) is 5.69 Å². The van der Waals surface area contributed by atoms with E-state index in [0.29, 0.717) is 12.2 Å². The van der Waals surface area contributed by atoms with Gasteiger partial charge in [-0.25, -0.2) is 13.9 Å². The summed E-state index contributed by atoms with van der Waals surface area (Å²) in [6.45, 7) is 3.82. The first-order chi connectivity index (χ1) is 14.3. The van der Waals surface area contributed by atoms with Crippen LogP contribution >= 0.6 is 11.3 Å². The van der Waals surface area contributed by atoms with Gasteiger partial charge in [-0.1, -0.05) is 0 Å². The molecule has 0 aliphatic heterocycles. The van der Waals surface area contributed by atoms with Crippen LogP contribution in [0.15, 0.2) is 47.2 Å². The van der Waals surface area contributed by atoms with Crippen LogP contribution < -0.4 is 0 Å². The number of carbonyl (C=O) groups excluding carboxylic acids is 2. The number of hydrogen-bond donors (Lipinski definition) is 0. The second-order valence-corrected chi connectivity index (χ2v) is 7.58. The molecular formula is C22H22FN3O3S. The number of esters is 1. The number of amides is 1. The Bertz CT molecular complexity index is 1060. The Kier molecular flexibility index (Phi) is 6.79. The molecule has 3 aromatic rings. The zero-order valence-electron chi connectivity index (χ0n) is 17.0. The molecule has 0 spiro atoms. The summed E-state index contributed by atoms with van der Waals surface area (Å²) >= 11 is 1.56. The molecule has 0 bridgehead atoms. The predicted octanol–water partition coefficient (Wildman–Crippen LogP) is 3.90. The molecular weight excluding hydrogens is 405 g/mol. The van der Waals surface area contributed by atoms with Gasteiger partial charge in [-0.3, -0.25) is 4.79 Å². The van der Waals surface area contributed by atoms with Crippen molar-refractivity contribution in [1.29, 1.82) is 0 Å². The zero-order chi connectivity index (χ0) is 21.7. The van der Waals surface area contributed by atoms with E-state index >= 15 is 0 Å². The average Bonchev–Trinajstić information content (AvgIpc) is 3.33. The largest absolute Gasteiger partial charge is 0.452 e. The predicted molar refractivity (Wildman–Crippen MR) is 114 cm³/mol. The third-order valence-corrected chi connectivity index (χ3v) is 5.30. The van der Waals surface area contributed by atoms with Crippen LogP contribution in [0, 0.1) is 19.7 Å². The molecule has 1 amide bonds. The van der Waals surface area contributed by atoms with E-state index in [9.17, 15) is 14.0 Å². The van der Waals surface area contributed by atoms with Crippen LogP contribution in [0.5, 0.6) is 0 Å². The van der Waals surface area contributed by atoms with Crippen LogP contribution in [0.2, 0.25) is 0 Å². The van der Waals surface area contributed by atoms with Gasteiger partial charge in [-0.05, 0) is 66.6 Å². The molecule has 0 aliphatic rings. The Morgan fingerprint density at radius 1 is 1.23 bits per heavy atom. The molecule has 0 fully saturated rings. The molecule has 0 unspecified atom stereocenters. The van der Waals surface area contributed by atoms with E-state index in [1.54, 1.807) is 41.3 Å². The standard InChI is InChI=1S/C22H22FN3O3S/c1-15-20(16(2)26(24-15)19-6-4-18(23)5-7-19)8-9-22(28)29-13-21(27)25(3)12-17-10-11-30-14-17/h4-11,14H,12-13H2,1-3H3/b9-8+. The number of nitrogens with zero attached hydrogens (tertiary/aromatic N) is 3. The number of ether oxygens (including phenoxy) is 1. The Labute approximate surface area is 178 Å². The topological polar surface area (TPSA) is 64.4 Å². The molecule has 156 valence electrons. The smallest absolute Gasteiger partial charge is 0.331 e. The number of rotatable bonds is 7.